The Morgan fingerprint density at radius 3 is 2.74 bits per heavy atom. The molecule has 0 atom stereocenters. The topological polar surface area (TPSA) is 77.2 Å². The normalized spacial score (nSPS) is 11.3. The van der Waals surface area contributed by atoms with E-state index < -0.39 is 0 Å². The van der Waals surface area contributed by atoms with E-state index in [1.54, 1.807) is 7.11 Å². The van der Waals surface area contributed by atoms with Gasteiger partial charge in [-0.3, -0.25) is 4.79 Å². The molecule has 1 N–H and O–H groups in total. The van der Waals surface area contributed by atoms with Crippen molar-refractivity contribution in [3.05, 3.63) is 24.3 Å². The molecule has 0 spiro atoms. The average Bonchev–Trinajstić information content (AvgIpc) is 2.94. The largest absolute Gasteiger partial charge is 0.496 e. The fraction of sp³-hybridized carbons (Fsp3) is 0.438. The van der Waals surface area contributed by atoms with Gasteiger partial charge in [0.05, 0.1) is 12.7 Å². The smallest absolute Gasteiger partial charge is 0.276 e. The summed E-state index contributed by atoms with van der Waals surface area (Å²) >= 11 is 1.36. The van der Waals surface area contributed by atoms with E-state index in [0.717, 1.165) is 5.56 Å². The van der Waals surface area contributed by atoms with Crippen molar-refractivity contribution in [3.63, 3.8) is 0 Å². The van der Waals surface area contributed by atoms with Gasteiger partial charge in [0, 0.05) is 17.7 Å². The first-order valence-electron chi connectivity index (χ1n) is 7.30. The third-order valence-corrected chi connectivity index (χ3v) is 3.63. The van der Waals surface area contributed by atoms with Crippen LogP contribution in [0.3, 0.4) is 0 Å². The number of hydrogen-bond donors (Lipinski definition) is 1. The van der Waals surface area contributed by atoms with E-state index in [0.29, 0.717) is 29.0 Å². The minimum atomic E-state index is -0.219. The van der Waals surface area contributed by atoms with Crippen molar-refractivity contribution in [1.82, 2.24) is 15.5 Å². The van der Waals surface area contributed by atoms with Gasteiger partial charge in [-0.25, -0.2) is 0 Å². The molecule has 2 rings (SSSR count). The van der Waals surface area contributed by atoms with Crippen LogP contribution in [-0.4, -0.2) is 34.5 Å². The molecule has 1 aromatic carbocycles. The highest BCUT2D eigenvalue weighted by molar-refractivity contribution is 7.99. The monoisotopic (exact) mass is 335 g/mol. The highest BCUT2D eigenvalue weighted by Gasteiger charge is 2.15. The van der Waals surface area contributed by atoms with Gasteiger partial charge < -0.3 is 14.5 Å². The Balaban J connectivity index is 1.92. The summed E-state index contributed by atoms with van der Waals surface area (Å²) in [5.41, 5.74) is 0.531. The summed E-state index contributed by atoms with van der Waals surface area (Å²) in [6.45, 7) is 5.86. The molecule has 1 aromatic heterocycles. The Bertz CT molecular complexity index is 665. The number of benzene rings is 1. The van der Waals surface area contributed by atoms with Crippen LogP contribution in [0.2, 0.25) is 0 Å². The van der Waals surface area contributed by atoms with Crippen molar-refractivity contribution < 1.29 is 13.9 Å². The van der Waals surface area contributed by atoms with Gasteiger partial charge >= 0.3 is 0 Å². The molecule has 23 heavy (non-hydrogen) atoms. The van der Waals surface area contributed by atoms with Crippen molar-refractivity contribution in [3.8, 4) is 17.2 Å². The molecule has 0 aliphatic carbocycles. The first-order chi connectivity index (χ1) is 10.9. The van der Waals surface area contributed by atoms with Crippen LogP contribution in [0.4, 0.5) is 0 Å². The quantitative estimate of drug-likeness (QED) is 0.817. The van der Waals surface area contributed by atoms with Gasteiger partial charge in [0.15, 0.2) is 0 Å². The molecule has 6 nitrogen and oxygen atoms in total. The van der Waals surface area contributed by atoms with Crippen molar-refractivity contribution >= 4 is 17.7 Å². The first-order valence-corrected chi connectivity index (χ1v) is 8.28. The van der Waals surface area contributed by atoms with Crippen LogP contribution < -0.4 is 10.1 Å². The van der Waals surface area contributed by atoms with Gasteiger partial charge in [-0.15, -0.1) is 10.2 Å². The lowest BCUT2D eigenvalue weighted by molar-refractivity contribution is -0.122. The lowest BCUT2D eigenvalue weighted by Crippen LogP contribution is -2.40. The maximum Gasteiger partial charge on any atom is 0.276 e. The molecule has 0 bridgehead atoms. The molecule has 7 heteroatoms. The van der Waals surface area contributed by atoms with Crippen LogP contribution in [0.15, 0.2) is 33.9 Å². The maximum absolute atomic E-state index is 11.8. The molecule has 0 saturated carbocycles. The van der Waals surface area contributed by atoms with Crippen molar-refractivity contribution in [2.45, 2.75) is 38.0 Å². The lowest BCUT2D eigenvalue weighted by atomic mass is 10.1. The summed E-state index contributed by atoms with van der Waals surface area (Å²) < 4.78 is 10.9. The number of para-hydroxylation sites is 1. The number of hydrogen-bond acceptors (Lipinski definition) is 6. The van der Waals surface area contributed by atoms with E-state index in [1.807, 2.05) is 45.0 Å². The number of ether oxygens (including phenoxy) is 1. The van der Waals surface area contributed by atoms with Gasteiger partial charge in [0.1, 0.15) is 5.75 Å². The maximum atomic E-state index is 11.8. The molecular formula is C16H21N3O3S. The Kier molecular flexibility index (Phi) is 5.65. The molecule has 124 valence electrons. The predicted octanol–water partition coefficient (Wildman–Crippen LogP) is 3.14. The van der Waals surface area contributed by atoms with Gasteiger partial charge in [0.2, 0.25) is 5.91 Å². The summed E-state index contributed by atoms with van der Waals surface area (Å²) in [6.07, 6.45) is 0.397. The van der Waals surface area contributed by atoms with Crippen molar-refractivity contribution in [2.75, 3.05) is 12.9 Å². The summed E-state index contributed by atoms with van der Waals surface area (Å²) in [4.78, 5) is 11.8. The van der Waals surface area contributed by atoms with Gasteiger partial charge in [0.25, 0.3) is 11.1 Å². The van der Waals surface area contributed by atoms with Crippen LogP contribution in [0, 0.1) is 0 Å². The number of nitrogens with one attached hydrogen (secondary N) is 1. The molecule has 2 aromatic rings. The second kappa shape index (κ2) is 7.50. The Labute approximate surface area is 140 Å². The van der Waals surface area contributed by atoms with Crippen LogP contribution in [0.1, 0.15) is 27.2 Å². The van der Waals surface area contributed by atoms with Crippen LogP contribution in [-0.2, 0) is 4.79 Å². The molecule has 1 amide bonds. The zero-order valence-corrected chi connectivity index (χ0v) is 14.6. The Morgan fingerprint density at radius 2 is 2.04 bits per heavy atom. The van der Waals surface area contributed by atoms with Crippen LogP contribution in [0.5, 0.6) is 5.75 Å². The lowest BCUT2D eigenvalue weighted by Gasteiger charge is -2.20. The number of thioether (sulfide) groups is 1. The fourth-order valence-electron chi connectivity index (χ4n) is 1.91. The summed E-state index contributed by atoms with van der Waals surface area (Å²) in [5.74, 6) is 1.67. The number of carbonyl (C=O) groups excluding carboxylic acids is 1. The zero-order chi connectivity index (χ0) is 16.9. The fourth-order valence-corrected chi connectivity index (χ4v) is 2.61. The zero-order valence-electron chi connectivity index (χ0n) is 13.8. The molecule has 0 radical (unpaired) electrons. The van der Waals surface area contributed by atoms with E-state index in [1.165, 1.54) is 11.8 Å². The average molecular weight is 335 g/mol. The summed E-state index contributed by atoms with van der Waals surface area (Å²) in [5, 5.41) is 11.4. The molecule has 0 aliphatic rings. The number of amides is 1. The number of aromatic nitrogens is 2. The van der Waals surface area contributed by atoms with E-state index in [2.05, 4.69) is 15.5 Å². The molecule has 0 fully saturated rings. The standard InChI is InChI=1S/C16H21N3O3S/c1-16(2,3)17-13(20)9-10-23-15-19-18-14(22-15)11-7-5-6-8-12(11)21-4/h5-8H,9-10H2,1-4H3,(H,17,20). The second-order valence-corrected chi connectivity index (χ2v) is 7.02. The van der Waals surface area contributed by atoms with E-state index in [9.17, 15) is 4.79 Å². The predicted molar refractivity (Wildman–Crippen MR) is 89.5 cm³/mol. The van der Waals surface area contributed by atoms with Crippen LogP contribution in [0.25, 0.3) is 11.5 Å². The van der Waals surface area contributed by atoms with E-state index >= 15 is 0 Å². The van der Waals surface area contributed by atoms with Gasteiger partial charge in [-0.1, -0.05) is 23.9 Å². The Morgan fingerprint density at radius 1 is 1.30 bits per heavy atom. The third kappa shape index (κ3) is 5.28. The number of nitrogens with zero attached hydrogens (tertiary/aromatic N) is 2. The Hall–Kier alpha value is -2.02. The summed E-state index contributed by atoms with van der Waals surface area (Å²) in [7, 11) is 1.60. The van der Waals surface area contributed by atoms with Gasteiger partial charge in [-0.05, 0) is 32.9 Å². The highest BCUT2D eigenvalue weighted by atomic mass is 32.2. The first kappa shape index (κ1) is 17.3. The minimum Gasteiger partial charge on any atom is -0.496 e. The number of methoxy groups -OCH3 is 1. The van der Waals surface area contributed by atoms with Crippen molar-refractivity contribution in [2.24, 2.45) is 0 Å². The van der Waals surface area contributed by atoms with E-state index in [4.69, 9.17) is 9.15 Å². The van der Waals surface area contributed by atoms with Gasteiger partial charge in [-0.2, -0.15) is 0 Å². The number of carbonyl (C=O) groups is 1. The highest BCUT2D eigenvalue weighted by Crippen LogP contribution is 2.30. The van der Waals surface area contributed by atoms with Crippen molar-refractivity contribution in [1.29, 1.82) is 0 Å². The minimum absolute atomic E-state index is 0.00877. The van der Waals surface area contributed by atoms with E-state index in [-0.39, 0.29) is 11.4 Å². The SMILES string of the molecule is COc1ccccc1-c1nnc(SCCC(=O)NC(C)(C)C)o1. The number of rotatable bonds is 6. The second-order valence-electron chi connectivity index (χ2n) is 5.97. The molecule has 0 aliphatic heterocycles. The summed E-state index contributed by atoms with van der Waals surface area (Å²) in [6, 6.07) is 7.45. The molecular weight excluding hydrogens is 314 g/mol. The molecule has 0 saturated heterocycles. The molecule has 0 unspecified atom stereocenters. The third-order valence-electron chi connectivity index (χ3n) is 2.81. The molecule has 1 heterocycles. The van der Waals surface area contributed by atoms with Crippen LogP contribution >= 0.6 is 11.8 Å².